The highest BCUT2D eigenvalue weighted by molar-refractivity contribution is 5.97. The van der Waals surface area contributed by atoms with Crippen LogP contribution in [0.1, 0.15) is 52.9 Å². The van der Waals surface area contributed by atoms with Crippen molar-refractivity contribution in [1.82, 2.24) is 5.32 Å². The average molecular weight is 369 g/mol. The highest BCUT2D eigenvalue weighted by Crippen LogP contribution is 2.33. The number of carbonyl (C=O) groups is 2. The molecule has 1 atom stereocenters. The van der Waals surface area contributed by atoms with Crippen molar-refractivity contribution in [2.24, 2.45) is 5.92 Å². The number of para-hydroxylation sites is 1. The number of amides is 1. The summed E-state index contributed by atoms with van der Waals surface area (Å²) in [5.74, 6) is -0.479. The Bertz CT molecular complexity index is 995. The maximum Gasteiger partial charge on any atom is 0.311 e. The number of carbonyl (C=O) groups excluding carboxylic acids is 1. The smallest absolute Gasteiger partial charge is 0.311 e. The van der Waals surface area contributed by atoms with E-state index < -0.39 is 5.97 Å². The largest absolute Gasteiger partial charge is 0.481 e. The number of fused-ring (bicyclic) bond motifs is 1. The van der Waals surface area contributed by atoms with Gasteiger partial charge in [0.1, 0.15) is 23.5 Å². The predicted octanol–water partition coefficient (Wildman–Crippen LogP) is 4.40. The highest BCUT2D eigenvalue weighted by atomic mass is 16.4. The van der Waals surface area contributed by atoms with E-state index in [4.69, 9.17) is 13.9 Å². The minimum absolute atomic E-state index is 0.0725. The molecule has 3 rings (SSSR count). The number of rotatable bonds is 6. The molecule has 1 unspecified atom stereocenters. The summed E-state index contributed by atoms with van der Waals surface area (Å²) in [6.07, 6.45) is 1.07. The van der Waals surface area contributed by atoms with Gasteiger partial charge in [0.25, 0.3) is 5.91 Å². The van der Waals surface area contributed by atoms with Crippen molar-refractivity contribution in [2.75, 3.05) is 0 Å². The van der Waals surface area contributed by atoms with E-state index >= 15 is 0 Å². The first kappa shape index (κ1) is 18.8. The lowest BCUT2D eigenvalue weighted by Gasteiger charge is -2.21. The van der Waals surface area contributed by atoms with E-state index in [2.05, 4.69) is 5.32 Å². The SMILES string of the molecule is Cc1coc(CC(=O)O)c1C(=O)NC(c1oc2ccccc2c1C)C(C)C. The Morgan fingerprint density at radius 3 is 2.52 bits per heavy atom. The average Bonchev–Trinajstić information content (AvgIpc) is 3.12. The van der Waals surface area contributed by atoms with E-state index in [9.17, 15) is 9.59 Å². The molecular formula is C21H23NO5. The second-order valence-electron chi connectivity index (χ2n) is 7.07. The lowest BCUT2D eigenvalue weighted by Crippen LogP contribution is -2.32. The number of benzene rings is 1. The van der Waals surface area contributed by atoms with Crippen LogP contribution >= 0.6 is 0 Å². The van der Waals surface area contributed by atoms with Gasteiger partial charge in [-0.15, -0.1) is 0 Å². The van der Waals surface area contributed by atoms with Crippen LogP contribution in [0.3, 0.4) is 0 Å². The molecule has 1 aromatic carbocycles. The first-order valence-electron chi connectivity index (χ1n) is 8.87. The van der Waals surface area contributed by atoms with E-state index in [0.717, 1.165) is 16.5 Å². The first-order valence-corrected chi connectivity index (χ1v) is 8.87. The Morgan fingerprint density at radius 2 is 1.89 bits per heavy atom. The molecule has 2 heterocycles. The van der Waals surface area contributed by atoms with E-state index in [1.807, 2.05) is 45.0 Å². The maximum atomic E-state index is 12.9. The molecular weight excluding hydrogens is 346 g/mol. The summed E-state index contributed by atoms with van der Waals surface area (Å²) in [5.41, 5.74) is 2.64. The van der Waals surface area contributed by atoms with Crippen LogP contribution in [-0.2, 0) is 11.2 Å². The molecule has 3 aromatic rings. The standard InChI is InChI=1S/C21H23NO5/c1-11(2)19(20-13(4)14-7-5-6-8-15(14)27-20)22-21(25)18-12(3)10-26-16(18)9-17(23)24/h5-8,10-11,19H,9H2,1-4H3,(H,22,25)(H,23,24). The van der Waals surface area contributed by atoms with Gasteiger partial charge in [-0.3, -0.25) is 9.59 Å². The van der Waals surface area contributed by atoms with Crippen LogP contribution in [0.15, 0.2) is 39.4 Å². The summed E-state index contributed by atoms with van der Waals surface area (Å²) in [6.45, 7) is 7.69. The van der Waals surface area contributed by atoms with Crippen LogP contribution < -0.4 is 5.32 Å². The summed E-state index contributed by atoms with van der Waals surface area (Å²) in [6, 6.07) is 7.39. The molecule has 0 fully saturated rings. The van der Waals surface area contributed by atoms with Gasteiger partial charge in [-0.1, -0.05) is 32.0 Å². The fourth-order valence-corrected chi connectivity index (χ4v) is 3.31. The normalized spacial score (nSPS) is 12.5. The number of hydrogen-bond acceptors (Lipinski definition) is 4. The Labute approximate surface area is 157 Å². The van der Waals surface area contributed by atoms with Crippen LogP contribution in [-0.4, -0.2) is 17.0 Å². The van der Waals surface area contributed by atoms with Gasteiger partial charge in [0.05, 0.1) is 17.9 Å². The van der Waals surface area contributed by atoms with E-state index in [-0.39, 0.29) is 35.6 Å². The molecule has 0 aliphatic rings. The van der Waals surface area contributed by atoms with E-state index in [1.165, 1.54) is 6.26 Å². The molecule has 0 bridgehead atoms. The summed E-state index contributed by atoms with van der Waals surface area (Å²) in [4.78, 5) is 24.0. The molecule has 0 saturated carbocycles. The van der Waals surface area contributed by atoms with Crippen molar-refractivity contribution in [3.8, 4) is 0 Å². The van der Waals surface area contributed by atoms with Gasteiger partial charge in [-0.25, -0.2) is 0 Å². The molecule has 6 nitrogen and oxygen atoms in total. The van der Waals surface area contributed by atoms with Crippen molar-refractivity contribution in [3.63, 3.8) is 0 Å². The third-order valence-electron chi connectivity index (χ3n) is 4.71. The third kappa shape index (κ3) is 3.60. The van der Waals surface area contributed by atoms with Crippen molar-refractivity contribution < 1.29 is 23.5 Å². The predicted molar refractivity (Wildman–Crippen MR) is 101 cm³/mol. The van der Waals surface area contributed by atoms with Gasteiger partial charge in [0.15, 0.2) is 0 Å². The van der Waals surface area contributed by atoms with Crippen LogP contribution in [0.4, 0.5) is 0 Å². The number of nitrogens with one attached hydrogen (secondary N) is 1. The highest BCUT2D eigenvalue weighted by Gasteiger charge is 2.28. The molecule has 2 N–H and O–H groups in total. The molecule has 0 radical (unpaired) electrons. The van der Waals surface area contributed by atoms with E-state index in [0.29, 0.717) is 11.3 Å². The molecule has 142 valence electrons. The van der Waals surface area contributed by atoms with Gasteiger partial charge in [-0.2, -0.15) is 0 Å². The van der Waals surface area contributed by atoms with Crippen LogP contribution in [0.25, 0.3) is 11.0 Å². The molecule has 27 heavy (non-hydrogen) atoms. The molecule has 2 aromatic heterocycles. The van der Waals surface area contributed by atoms with Crippen molar-refractivity contribution in [2.45, 2.75) is 40.2 Å². The second-order valence-corrected chi connectivity index (χ2v) is 7.07. The number of carboxylic acids is 1. The van der Waals surface area contributed by atoms with Crippen molar-refractivity contribution >= 4 is 22.8 Å². The zero-order valence-corrected chi connectivity index (χ0v) is 15.8. The lowest BCUT2D eigenvalue weighted by atomic mass is 9.97. The molecule has 0 aliphatic carbocycles. The van der Waals surface area contributed by atoms with Crippen LogP contribution in [0, 0.1) is 19.8 Å². The molecule has 0 aliphatic heterocycles. The Hall–Kier alpha value is -3.02. The van der Waals surface area contributed by atoms with Gasteiger partial charge in [0.2, 0.25) is 0 Å². The summed E-state index contributed by atoms with van der Waals surface area (Å²) >= 11 is 0. The lowest BCUT2D eigenvalue weighted by molar-refractivity contribution is -0.136. The number of aliphatic carboxylic acids is 1. The molecule has 1 amide bonds. The number of aryl methyl sites for hydroxylation is 2. The number of furan rings is 2. The monoisotopic (exact) mass is 369 g/mol. The first-order chi connectivity index (χ1) is 12.8. The van der Waals surface area contributed by atoms with Crippen molar-refractivity contribution in [1.29, 1.82) is 0 Å². The fourth-order valence-electron chi connectivity index (χ4n) is 3.31. The van der Waals surface area contributed by atoms with Crippen molar-refractivity contribution in [3.05, 3.63) is 58.7 Å². The van der Waals surface area contributed by atoms with Gasteiger partial charge >= 0.3 is 5.97 Å². The zero-order chi connectivity index (χ0) is 19.7. The number of hydrogen-bond donors (Lipinski definition) is 2. The summed E-state index contributed by atoms with van der Waals surface area (Å²) < 4.78 is 11.3. The van der Waals surface area contributed by atoms with Gasteiger partial charge in [-0.05, 0) is 25.8 Å². The maximum absolute atomic E-state index is 12.9. The fraction of sp³-hybridized carbons (Fsp3) is 0.333. The molecule has 0 saturated heterocycles. The third-order valence-corrected chi connectivity index (χ3v) is 4.71. The van der Waals surface area contributed by atoms with Gasteiger partial charge < -0.3 is 19.3 Å². The van der Waals surface area contributed by atoms with Crippen LogP contribution in [0.2, 0.25) is 0 Å². The molecule has 6 heteroatoms. The quantitative estimate of drug-likeness (QED) is 0.672. The topological polar surface area (TPSA) is 92.7 Å². The van der Waals surface area contributed by atoms with Gasteiger partial charge in [0, 0.05) is 16.5 Å². The summed E-state index contributed by atoms with van der Waals surface area (Å²) in [7, 11) is 0. The Balaban J connectivity index is 1.95. The van der Waals surface area contributed by atoms with Crippen LogP contribution in [0.5, 0.6) is 0 Å². The Morgan fingerprint density at radius 1 is 1.19 bits per heavy atom. The second kappa shape index (κ2) is 7.31. The minimum atomic E-state index is -1.05. The Kier molecular flexibility index (Phi) is 5.08. The number of carboxylic acid groups (broad SMARTS) is 1. The minimum Gasteiger partial charge on any atom is -0.481 e. The summed E-state index contributed by atoms with van der Waals surface area (Å²) in [5, 5.41) is 13.1. The van der Waals surface area contributed by atoms with E-state index in [1.54, 1.807) is 6.92 Å². The molecule has 0 spiro atoms. The zero-order valence-electron chi connectivity index (χ0n) is 15.8.